The van der Waals surface area contributed by atoms with Crippen molar-refractivity contribution in [3.05, 3.63) is 96.5 Å². The van der Waals surface area contributed by atoms with Gasteiger partial charge in [0.2, 0.25) is 0 Å². The molecule has 0 aromatic heterocycles. The first-order valence-electron chi connectivity index (χ1n) is 11.9. The molecule has 0 unspecified atom stereocenters. The number of ether oxygens (including phenoxy) is 2. The normalized spacial score (nSPS) is 14.7. The minimum atomic E-state index is -4.78. The lowest BCUT2D eigenvalue weighted by molar-refractivity contribution is -0.384. The molecule has 1 N–H and O–H groups in total. The van der Waals surface area contributed by atoms with Crippen LogP contribution in [0.1, 0.15) is 23.6 Å². The van der Waals surface area contributed by atoms with Crippen LogP contribution < -0.4 is 19.7 Å². The van der Waals surface area contributed by atoms with E-state index in [-0.39, 0.29) is 41.0 Å². The molecule has 0 aliphatic carbocycles. The number of imide groups is 2. The van der Waals surface area contributed by atoms with Crippen molar-refractivity contribution >= 4 is 62.8 Å². The Morgan fingerprint density at radius 1 is 1.07 bits per heavy atom. The second-order valence-corrected chi connectivity index (χ2v) is 9.86. The van der Waals surface area contributed by atoms with E-state index in [2.05, 4.69) is 15.9 Å². The zero-order chi connectivity index (χ0) is 30.8. The lowest BCUT2D eigenvalue weighted by atomic mass is 10.1. The molecule has 15 heteroatoms. The minimum Gasteiger partial charge on any atom is -0.490 e. The van der Waals surface area contributed by atoms with Crippen LogP contribution in [0.5, 0.6) is 11.5 Å². The second kappa shape index (κ2) is 12.2. The first-order valence-corrected chi connectivity index (χ1v) is 13.1. The molecule has 0 atom stereocenters. The Bertz CT molecular complexity index is 1630. The van der Waals surface area contributed by atoms with Crippen LogP contribution in [0.25, 0.3) is 6.08 Å². The van der Waals surface area contributed by atoms with Gasteiger partial charge in [-0.05, 0) is 82.5 Å². The summed E-state index contributed by atoms with van der Waals surface area (Å²) in [6, 6.07) is 9.51. The molecular weight excluding hydrogens is 651 g/mol. The Kier molecular flexibility index (Phi) is 8.87. The van der Waals surface area contributed by atoms with Gasteiger partial charge < -0.3 is 9.47 Å². The molecule has 0 spiro atoms. The number of nitro groups is 1. The number of alkyl halides is 3. The number of benzene rings is 3. The molecule has 0 saturated carbocycles. The maximum absolute atomic E-state index is 13.3. The van der Waals surface area contributed by atoms with Crippen molar-refractivity contribution in [3.8, 4) is 11.5 Å². The summed E-state index contributed by atoms with van der Waals surface area (Å²) in [6.07, 6.45) is -3.65. The van der Waals surface area contributed by atoms with Crippen molar-refractivity contribution in [2.45, 2.75) is 19.7 Å². The van der Waals surface area contributed by atoms with Gasteiger partial charge >= 0.3 is 12.2 Å². The Hall–Kier alpha value is -4.43. The van der Waals surface area contributed by atoms with E-state index in [1.807, 2.05) is 5.32 Å². The Morgan fingerprint density at radius 2 is 1.76 bits per heavy atom. The summed E-state index contributed by atoms with van der Waals surface area (Å²) in [5.74, 6) is -1.81. The first-order chi connectivity index (χ1) is 19.8. The van der Waals surface area contributed by atoms with Crippen LogP contribution in [0, 0.1) is 10.1 Å². The van der Waals surface area contributed by atoms with Crippen molar-refractivity contribution in [2.75, 3.05) is 11.5 Å². The molecule has 1 heterocycles. The number of rotatable bonds is 8. The van der Waals surface area contributed by atoms with E-state index >= 15 is 0 Å². The van der Waals surface area contributed by atoms with Gasteiger partial charge in [0.05, 0.1) is 32.3 Å². The number of nitrogens with one attached hydrogen (secondary N) is 1. The van der Waals surface area contributed by atoms with Gasteiger partial charge in [-0.25, -0.2) is 9.69 Å². The monoisotopic (exact) mass is 667 g/mol. The SMILES string of the molecule is CCOc1cc(/C=C2\C(=O)NC(=O)N(c3cc(C(F)(F)F)ccc3Cl)C2=O)cc(Br)c1OCc1ccc([N+](=O)[O-])cc1. The quantitative estimate of drug-likeness (QED) is 0.123. The van der Waals surface area contributed by atoms with Crippen LogP contribution in [0.15, 0.2) is 64.6 Å². The Balaban J connectivity index is 1.67. The van der Waals surface area contributed by atoms with Gasteiger partial charge in [-0.15, -0.1) is 0 Å². The Labute approximate surface area is 248 Å². The molecule has 0 bridgehead atoms. The average molecular weight is 669 g/mol. The summed E-state index contributed by atoms with van der Waals surface area (Å²) in [7, 11) is 0. The molecule has 3 aromatic carbocycles. The predicted molar refractivity (Wildman–Crippen MR) is 148 cm³/mol. The third-order valence-corrected chi connectivity index (χ3v) is 6.70. The smallest absolute Gasteiger partial charge is 0.416 e. The third kappa shape index (κ3) is 6.55. The fourth-order valence-electron chi connectivity index (χ4n) is 3.85. The number of amides is 4. The fraction of sp³-hybridized carbons (Fsp3) is 0.148. The highest BCUT2D eigenvalue weighted by Gasteiger charge is 2.39. The molecule has 1 aliphatic heterocycles. The van der Waals surface area contributed by atoms with Gasteiger partial charge in [0.1, 0.15) is 12.2 Å². The lowest BCUT2D eigenvalue weighted by Gasteiger charge is -2.27. The van der Waals surface area contributed by atoms with Gasteiger partial charge in [0, 0.05) is 12.1 Å². The summed E-state index contributed by atoms with van der Waals surface area (Å²) >= 11 is 9.40. The molecule has 1 aliphatic rings. The van der Waals surface area contributed by atoms with Crippen LogP contribution in [-0.2, 0) is 22.4 Å². The van der Waals surface area contributed by atoms with E-state index in [0.29, 0.717) is 27.1 Å². The fourth-order valence-corrected chi connectivity index (χ4v) is 4.62. The Morgan fingerprint density at radius 3 is 2.38 bits per heavy atom. The molecule has 10 nitrogen and oxygen atoms in total. The van der Waals surface area contributed by atoms with E-state index in [0.717, 1.165) is 12.1 Å². The molecule has 42 heavy (non-hydrogen) atoms. The first kappa shape index (κ1) is 30.5. The highest BCUT2D eigenvalue weighted by molar-refractivity contribution is 9.10. The summed E-state index contributed by atoms with van der Waals surface area (Å²) in [5.41, 5.74) is -1.47. The van der Waals surface area contributed by atoms with Crippen LogP contribution in [-0.4, -0.2) is 29.4 Å². The van der Waals surface area contributed by atoms with Gasteiger partial charge in [-0.3, -0.25) is 25.0 Å². The number of urea groups is 1. The van der Waals surface area contributed by atoms with Crippen molar-refractivity contribution < 1.29 is 42.0 Å². The zero-order valence-corrected chi connectivity index (χ0v) is 23.7. The summed E-state index contributed by atoms with van der Waals surface area (Å²) < 4.78 is 51.7. The standard InChI is InChI=1S/C27H18BrClF3N3O7/c1-2-41-22-11-15(10-19(28)23(22)42-13-14-3-6-17(7-4-14)35(39)40)9-18-24(36)33-26(38)34(25(18)37)21-12-16(27(30,31)32)5-8-20(21)29/h3-12H,2,13H2,1H3,(H,33,36,38)/b18-9+. The van der Waals surface area contributed by atoms with Crippen molar-refractivity contribution in [3.63, 3.8) is 0 Å². The van der Waals surface area contributed by atoms with Crippen molar-refractivity contribution in [1.82, 2.24) is 5.32 Å². The van der Waals surface area contributed by atoms with Crippen LogP contribution in [0.4, 0.5) is 29.3 Å². The predicted octanol–water partition coefficient (Wildman–Crippen LogP) is 6.67. The van der Waals surface area contributed by atoms with Gasteiger partial charge in [-0.1, -0.05) is 11.6 Å². The average Bonchev–Trinajstić information content (AvgIpc) is 2.91. The highest BCUT2D eigenvalue weighted by Crippen LogP contribution is 2.39. The summed E-state index contributed by atoms with van der Waals surface area (Å²) in [6.45, 7) is 1.93. The maximum Gasteiger partial charge on any atom is 0.416 e. The number of non-ortho nitro benzene ring substituents is 1. The van der Waals surface area contributed by atoms with Crippen molar-refractivity contribution in [2.24, 2.45) is 0 Å². The van der Waals surface area contributed by atoms with Gasteiger partial charge in [0.15, 0.2) is 11.5 Å². The minimum absolute atomic E-state index is 0.0207. The number of anilines is 1. The lowest BCUT2D eigenvalue weighted by Crippen LogP contribution is -2.54. The number of nitrogens with zero attached hydrogens (tertiary/aromatic N) is 2. The van der Waals surface area contributed by atoms with E-state index in [4.69, 9.17) is 21.1 Å². The van der Waals surface area contributed by atoms with E-state index in [1.165, 1.54) is 36.4 Å². The molecule has 1 fully saturated rings. The molecule has 4 amide bonds. The number of carbonyl (C=O) groups excluding carboxylic acids is 3. The second-order valence-electron chi connectivity index (χ2n) is 8.60. The number of carbonyl (C=O) groups is 3. The number of hydrogen-bond donors (Lipinski definition) is 1. The number of barbiturate groups is 1. The topological polar surface area (TPSA) is 128 Å². The highest BCUT2D eigenvalue weighted by atomic mass is 79.9. The molecule has 3 aromatic rings. The largest absolute Gasteiger partial charge is 0.490 e. The van der Waals surface area contributed by atoms with Crippen LogP contribution in [0.2, 0.25) is 5.02 Å². The molecule has 0 radical (unpaired) electrons. The van der Waals surface area contributed by atoms with Crippen LogP contribution >= 0.6 is 27.5 Å². The maximum atomic E-state index is 13.3. The number of nitro benzene ring substituents is 1. The molecular formula is C27H18BrClF3N3O7. The number of halogens is 5. The van der Waals surface area contributed by atoms with E-state index in [9.17, 15) is 37.7 Å². The third-order valence-electron chi connectivity index (χ3n) is 5.79. The number of hydrogen-bond acceptors (Lipinski definition) is 7. The summed E-state index contributed by atoms with van der Waals surface area (Å²) in [4.78, 5) is 49.1. The van der Waals surface area contributed by atoms with Crippen LogP contribution in [0.3, 0.4) is 0 Å². The zero-order valence-electron chi connectivity index (χ0n) is 21.3. The van der Waals surface area contributed by atoms with E-state index < -0.39 is 45.8 Å². The van der Waals surface area contributed by atoms with Gasteiger partial charge in [0.25, 0.3) is 17.5 Å². The van der Waals surface area contributed by atoms with Gasteiger partial charge in [-0.2, -0.15) is 13.2 Å². The molecule has 218 valence electrons. The molecule has 4 rings (SSSR count). The molecule has 1 saturated heterocycles. The van der Waals surface area contributed by atoms with E-state index in [1.54, 1.807) is 6.92 Å². The van der Waals surface area contributed by atoms with Crippen molar-refractivity contribution in [1.29, 1.82) is 0 Å². The summed E-state index contributed by atoms with van der Waals surface area (Å²) in [5, 5.41) is 12.5.